The topological polar surface area (TPSA) is 54.7 Å². The molecule has 3 N–H and O–H groups in total. The molecule has 1 saturated carbocycles. The van der Waals surface area contributed by atoms with Crippen molar-refractivity contribution in [2.24, 2.45) is 5.73 Å². The lowest BCUT2D eigenvalue weighted by molar-refractivity contribution is -0.142. The Kier molecular flexibility index (Phi) is 2.26. The summed E-state index contributed by atoms with van der Waals surface area (Å²) in [5.41, 5.74) is 4.60. The van der Waals surface area contributed by atoms with Gasteiger partial charge in [-0.25, -0.2) is 0 Å². The fourth-order valence-corrected chi connectivity index (χ4v) is 1.99. The fraction of sp³-hybridized carbons (Fsp3) is 0.667. The average molecular weight is 219 g/mol. The van der Waals surface area contributed by atoms with E-state index >= 15 is 0 Å². The highest BCUT2D eigenvalue weighted by atomic mass is 19.4. The molecule has 0 unspecified atom stereocenters. The molecule has 0 spiro atoms. The molecule has 6 heteroatoms. The summed E-state index contributed by atoms with van der Waals surface area (Å²) in [7, 11) is 0. The standard InChI is InChI=1S/C9H12F3N3/c10-9(11,12)7-6(5-14-15-7)8(1-2-8)3-4-13/h5H,1-4,13H2,(H,14,15). The number of nitrogens with zero attached hydrogens (tertiary/aromatic N) is 1. The summed E-state index contributed by atoms with van der Waals surface area (Å²) in [6, 6.07) is 0. The van der Waals surface area contributed by atoms with Gasteiger partial charge in [0.15, 0.2) is 0 Å². The molecule has 15 heavy (non-hydrogen) atoms. The predicted molar refractivity (Wildman–Crippen MR) is 48.2 cm³/mol. The van der Waals surface area contributed by atoms with Crippen LogP contribution in [0.25, 0.3) is 0 Å². The van der Waals surface area contributed by atoms with E-state index < -0.39 is 11.9 Å². The summed E-state index contributed by atoms with van der Waals surface area (Å²) in [5.74, 6) is 0. The van der Waals surface area contributed by atoms with Gasteiger partial charge in [-0.3, -0.25) is 5.10 Å². The first-order valence-electron chi connectivity index (χ1n) is 4.81. The van der Waals surface area contributed by atoms with E-state index in [4.69, 9.17) is 5.73 Å². The van der Waals surface area contributed by atoms with Gasteiger partial charge in [0.05, 0.1) is 6.20 Å². The zero-order valence-electron chi connectivity index (χ0n) is 8.06. The molecule has 0 amide bonds. The minimum absolute atomic E-state index is 0.278. The van der Waals surface area contributed by atoms with Crippen LogP contribution in [0.5, 0.6) is 0 Å². The normalized spacial score (nSPS) is 19.2. The largest absolute Gasteiger partial charge is 0.433 e. The number of alkyl halides is 3. The second-order valence-corrected chi connectivity index (χ2v) is 3.98. The second kappa shape index (κ2) is 3.23. The first-order valence-corrected chi connectivity index (χ1v) is 4.81. The molecule has 1 fully saturated rings. The number of rotatable bonds is 3. The van der Waals surface area contributed by atoms with Crippen molar-refractivity contribution in [1.82, 2.24) is 10.2 Å². The number of H-pyrrole nitrogens is 1. The first kappa shape index (κ1) is 10.5. The number of aromatic amines is 1. The molecule has 84 valence electrons. The molecule has 1 aliphatic carbocycles. The summed E-state index contributed by atoms with van der Waals surface area (Å²) in [5, 5.41) is 5.53. The second-order valence-electron chi connectivity index (χ2n) is 3.98. The van der Waals surface area contributed by atoms with Crippen molar-refractivity contribution in [1.29, 1.82) is 0 Å². The molecule has 1 heterocycles. The SMILES string of the molecule is NCCC1(c2cn[nH]c2C(F)(F)F)CC1. The molecular weight excluding hydrogens is 207 g/mol. The van der Waals surface area contributed by atoms with Crippen LogP contribution in [0.1, 0.15) is 30.5 Å². The quantitative estimate of drug-likeness (QED) is 0.814. The third-order valence-electron chi connectivity index (χ3n) is 2.97. The van der Waals surface area contributed by atoms with Gasteiger partial charge in [-0.2, -0.15) is 18.3 Å². The Morgan fingerprint density at radius 2 is 2.13 bits per heavy atom. The van der Waals surface area contributed by atoms with Crippen molar-refractivity contribution in [2.45, 2.75) is 30.9 Å². The predicted octanol–water partition coefficient (Wildman–Crippen LogP) is 1.81. The highest BCUT2D eigenvalue weighted by Gasteiger charge is 2.49. The molecule has 0 aromatic carbocycles. The fourth-order valence-electron chi connectivity index (χ4n) is 1.99. The number of nitrogens with two attached hydrogens (primary N) is 1. The van der Waals surface area contributed by atoms with Crippen LogP contribution in [0.15, 0.2) is 6.20 Å². The van der Waals surface area contributed by atoms with E-state index in [1.54, 1.807) is 0 Å². The van der Waals surface area contributed by atoms with Crippen LogP contribution in [0, 0.1) is 0 Å². The monoisotopic (exact) mass is 219 g/mol. The van der Waals surface area contributed by atoms with Crippen molar-refractivity contribution in [3.05, 3.63) is 17.5 Å². The van der Waals surface area contributed by atoms with Gasteiger partial charge in [-0.15, -0.1) is 0 Å². The number of halogens is 3. The molecule has 0 saturated heterocycles. The minimum Gasteiger partial charge on any atom is -0.330 e. The van der Waals surface area contributed by atoms with Crippen LogP contribution >= 0.6 is 0 Å². The van der Waals surface area contributed by atoms with Crippen LogP contribution in [0.2, 0.25) is 0 Å². The van der Waals surface area contributed by atoms with Gasteiger partial charge in [-0.05, 0) is 25.8 Å². The number of aromatic nitrogens is 2. The number of nitrogens with one attached hydrogen (secondary N) is 1. The number of hydrogen-bond acceptors (Lipinski definition) is 2. The Morgan fingerprint density at radius 1 is 1.47 bits per heavy atom. The van der Waals surface area contributed by atoms with E-state index in [2.05, 4.69) is 5.10 Å². The summed E-state index contributed by atoms with van der Waals surface area (Å²) < 4.78 is 37.7. The zero-order chi connectivity index (χ0) is 11.1. The molecule has 1 aliphatic rings. The number of hydrogen-bond donors (Lipinski definition) is 2. The van der Waals surface area contributed by atoms with E-state index in [1.807, 2.05) is 5.10 Å². The van der Waals surface area contributed by atoms with Gasteiger partial charge in [0, 0.05) is 11.0 Å². The molecule has 0 aliphatic heterocycles. The van der Waals surface area contributed by atoms with Gasteiger partial charge < -0.3 is 5.73 Å². The third-order valence-corrected chi connectivity index (χ3v) is 2.97. The van der Waals surface area contributed by atoms with E-state index in [0.29, 0.717) is 13.0 Å². The maximum atomic E-state index is 12.6. The van der Waals surface area contributed by atoms with Gasteiger partial charge in [0.1, 0.15) is 5.69 Å². The maximum absolute atomic E-state index is 12.6. The Bertz CT molecular complexity index is 352. The smallest absolute Gasteiger partial charge is 0.330 e. The van der Waals surface area contributed by atoms with Gasteiger partial charge in [0.2, 0.25) is 0 Å². The summed E-state index contributed by atoms with van der Waals surface area (Å²) in [4.78, 5) is 0. The van der Waals surface area contributed by atoms with Crippen molar-refractivity contribution in [2.75, 3.05) is 6.54 Å². The summed E-state index contributed by atoms with van der Waals surface area (Å²) in [6.07, 6.45) is -0.934. The Hall–Kier alpha value is -1.04. The average Bonchev–Trinajstić information content (AvgIpc) is 2.75. The van der Waals surface area contributed by atoms with Gasteiger partial charge in [0.25, 0.3) is 0 Å². The van der Waals surface area contributed by atoms with Crippen molar-refractivity contribution in [3.63, 3.8) is 0 Å². The lowest BCUT2D eigenvalue weighted by atomic mass is 9.92. The Morgan fingerprint density at radius 3 is 2.60 bits per heavy atom. The molecule has 0 atom stereocenters. The lowest BCUT2D eigenvalue weighted by Gasteiger charge is -2.15. The van der Waals surface area contributed by atoms with E-state index in [-0.39, 0.29) is 11.0 Å². The van der Waals surface area contributed by atoms with E-state index in [0.717, 1.165) is 12.8 Å². The van der Waals surface area contributed by atoms with Crippen LogP contribution in [0.3, 0.4) is 0 Å². The maximum Gasteiger partial charge on any atom is 0.433 e. The van der Waals surface area contributed by atoms with Crippen LogP contribution in [0.4, 0.5) is 13.2 Å². The minimum atomic E-state index is -4.35. The zero-order valence-corrected chi connectivity index (χ0v) is 8.06. The molecule has 3 nitrogen and oxygen atoms in total. The molecule has 1 aromatic heterocycles. The molecular formula is C9H12F3N3. The van der Waals surface area contributed by atoms with Crippen LogP contribution in [-0.4, -0.2) is 16.7 Å². The third kappa shape index (κ3) is 1.73. The highest BCUT2D eigenvalue weighted by molar-refractivity contribution is 5.34. The molecule has 1 aromatic rings. The Balaban J connectivity index is 2.33. The summed E-state index contributed by atoms with van der Waals surface area (Å²) >= 11 is 0. The Labute approximate surface area is 84.8 Å². The van der Waals surface area contributed by atoms with Crippen molar-refractivity contribution >= 4 is 0 Å². The van der Waals surface area contributed by atoms with Crippen molar-refractivity contribution < 1.29 is 13.2 Å². The van der Waals surface area contributed by atoms with E-state index in [1.165, 1.54) is 6.20 Å². The highest BCUT2D eigenvalue weighted by Crippen LogP contribution is 2.53. The van der Waals surface area contributed by atoms with E-state index in [9.17, 15) is 13.2 Å². The summed E-state index contributed by atoms with van der Waals surface area (Å²) in [6.45, 7) is 0.405. The molecule has 0 bridgehead atoms. The van der Waals surface area contributed by atoms with Gasteiger partial charge >= 0.3 is 6.18 Å². The van der Waals surface area contributed by atoms with Crippen LogP contribution < -0.4 is 5.73 Å². The first-order chi connectivity index (χ1) is 6.99. The lowest BCUT2D eigenvalue weighted by Crippen LogP contribution is -2.18. The molecule has 0 radical (unpaired) electrons. The van der Waals surface area contributed by atoms with Crippen LogP contribution in [-0.2, 0) is 11.6 Å². The van der Waals surface area contributed by atoms with Gasteiger partial charge in [-0.1, -0.05) is 0 Å². The molecule has 2 rings (SSSR count). The van der Waals surface area contributed by atoms with Crippen molar-refractivity contribution in [3.8, 4) is 0 Å².